The molecular formula is C9H17NO. The molecule has 0 aromatic rings. The number of unbranched alkanes of at least 4 members (excludes halogenated alkanes) is 2. The van der Waals surface area contributed by atoms with Crippen molar-refractivity contribution in [1.29, 1.82) is 5.26 Å². The maximum atomic E-state index is 10.3. The number of hydrogen-bond donors (Lipinski definition) is 0. The Balaban J connectivity index is 0. The fraction of sp³-hybridized carbons (Fsp3) is 0.778. The molecule has 0 atom stereocenters. The van der Waals surface area contributed by atoms with E-state index in [1.807, 2.05) is 0 Å². The van der Waals surface area contributed by atoms with Gasteiger partial charge >= 0.3 is 0 Å². The summed E-state index contributed by atoms with van der Waals surface area (Å²) in [6, 6.07) is 1.75. The molecule has 64 valence electrons. The van der Waals surface area contributed by atoms with Crippen molar-refractivity contribution in [3.8, 4) is 6.07 Å². The van der Waals surface area contributed by atoms with Crippen molar-refractivity contribution in [2.45, 2.75) is 46.5 Å². The van der Waals surface area contributed by atoms with Crippen LogP contribution in [0.15, 0.2) is 0 Å². The van der Waals surface area contributed by atoms with E-state index in [4.69, 9.17) is 5.26 Å². The van der Waals surface area contributed by atoms with Crippen LogP contribution in [-0.2, 0) is 4.79 Å². The molecule has 0 aromatic heterocycles. The van der Waals surface area contributed by atoms with E-state index < -0.39 is 0 Å². The highest BCUT2D eigenvalue weighted by Crippen LogP contribution is 1.98. The smallest absolute Gasteiger partial charge is 0.129 e. The summed E-state index contributed by atoms with van der Waals surface area (Å²) in [5, 5.41) is 7.32. The van der Waals surface area contributed by atoms with Gasteiger partial charge in [0.2, 0.25) is 0 Å². The van der Waals surface area contributed by atoms with Crippen LogP contribution in [0.1, 0.15) is 46.5 Å². The van der Waals surface area contributed by atoms with Crippen molar-refractivity contribution in [2.75, 3.05) is 0 Å². The van der Waals surface area contributed by atoms with Gasteiger partial charge in [-0.1, -0.05) is 19.8 Å². The van der Waals surface area contributed by atoms with Gasteiger partial charge in [0, 0.05) is 13.3 Å². The average Bonchev–Trinajstić information content (AvgIpc) is 1.89. The molecule has 0 unspecified atom stereocenters. The molecule has 0 fully saturated rings. The van der Waals surface area contributed by atoms with Gasteiger partial charge in [0.15, 0.2) is 0 Å². The summed E-state index contributed by atoms with van der Waals surface area (Å²) in [5.41, 5.74) is 0. The van der Waals surface area contributed by atoms with Crippen LogP contribution in [-0.4, -0.2) is 5.78 Å². The first-order valence-corrected chi connectivity index (χ1v) is 3.99. The van der Waals surface area contributed by atoms with Crippen LogP contribution in [0.3, 0.4) is 0 Å². The van der Waals surface area contributed by atoms with Crippen molar-refractivity contribution in [2.24, 2.45) is 0 Å². The topological polar surface area (TPSA) is 40.9 Å². The van der Waals surface area contributed by atoms with Crippen molar-refractivity contribution in [3.63, 3.8) is 0 Å². The minimum absolute atomic E-state index is 0.318. The number of nitrogens with zero attached hydrogens (tertiary/aromatic N) is 1. The first kappa shape index (κ1) is 12.8. The molecule has 0 aliphatic carbocycles. The Morgan fingerprint density at radius 3 is 2.18 bits per heavy atom. The molecule has 0 saturated heterocycles. The summed E-state index contributed by atoms with van der Waals surface area (Å²) in [6.45, 7) is 5.22. The second kappa shape index (κ2) is 11.9. The monoisotopic (exact) mass is 155 g/mol. The Kier molecular flexibility index (Phi) is 13.8. The summed E-state index contributed by atoms with van der Waals surface area (Å²) in [6.07, 6.45) is 4.24. The molecular weight excluding hydrogens is 138 g/mol. The second-order valence-corrected chi connectivity index (χ2v) is 2.38. The van der Waals surface area contributed by atoms with Crippen molar-refractivity contribution >= 4 is 5.78 Å². The molecule has 0 aliphatic rings. The zero-order valence-electron chi connectivity index (χ0n) is 7.68. The first-order valence-electron chi connectivity index (χ1n) is 3.99. The zero-order chi connectivity index (χ0) is 9.11. The highest BCUT2D eigenvalue weighted by molar-refractivity contribution is 5.75. The molecule has 0 rings (SSSR count). The fourth-order valence-corrected chi connectivity index (χ4v) is 0.624. The molecule has 0 bridgehead atoms. The van der Waals surface area contributed by atoms with Gasteiger partial charge in [0.05, 0.1) is 6.07 Å². The van der Waals surface area contributed by atoms with E-state index in [0.29, 0.717) is 5.78 Å². The lowest BCUT2D eigenvalue weighted by molar-refractivity contribution is -0.117. The number of ketones is 1. The first-order chi connectivity index (χ1) is 5.18. The van der Waals surface area contributed by atoms with Crippen molar-refractivity contribution < 1.29 is 4.79 Å². The normalized spacial score (nSPS) is 7.45. The van der Waals surface area contributed by atoms with Crippen LogP contribution in [0, 0.1) is 11.3 Å². The van der Waals surface area contributed by atoms with Gasteiger partial charge in [-0.3, -0.25) is 0 Å². The molecule has 0 aliphatic heterocycles. The third-order valence-electron chi connectivity index (χ3n) is 1.13. The largest absolute Gasteiger partial charge is 0.300 e. The quantitative estimate of drug-likeness (QED) is 0.585. The van der Waals surface area contributed by atoms with E-state index in [0.717, 1.165) is 12.8 Å². The highest BCUT2D eigenvalue weighted by atomic mass is 16.1. The van der Waals surface area contributed by atoms with E-state index >= 15 is 0 Å². The summed E-state index contributed by atoms with van der Waals surface area (Å²) in [4.78, 5) is 10.3. The Hall–Kier alpha value is -0.840. The third-order valence-corrected chi connectivity index (χ3v) is 1.13. The van der Waals surface area contributed by atoms with Gasteiger partial charge in [0.25, 0.3) is 0 Å². The maximum Gasteiger partial charge on any atom is 0.129 e. The Bertz CT molecular complexity index is 124. The van der Waals surface area contributed by atoms with Gasteiger partial charge < -0.3 is 4.79 Å². The summed E-state index contributed by atoms with van der Waals surface area (Å²) in [7, 11) is 0. The maximum absolute atomic E-state index is 10.3. The van der Waals surface area contributed by atoms with E-state index in [1.165, 1.54) is 19.8 Å². The molecule has 0 amide bonds. The molecule has 0 N–H and O–H groups in total. The number of Topliss-reactive ketones (excluding diaryl/α,β-unsaturated/α-hetero) is 1. The van der Waals surface area contributed by atoms with Crippen LogP contribution >= 0.6 is 0 Å². The molecule has 0 saturated carbocycles. The van der Waals surface area contributed by atoms with Crippen LogP contribution in [0.5, 0.6) is 0 Å². The van der Waals surface area contributed by atoms with Crippen molar-refractivity contribution in [1.82, 2.24) is 0 Å². The molecule has 0 radical (unpaired) electrons. The van der Waals surface area contributed by atoms with Crippen LogP contribution in [0.2, 0.25) is 0 Å². The number of nitriles is 1. The summed E-state index contributed by atoms with van der Waals surface area (Å²) in [5.74, 6) is 0.318. The van der Waals surface area contributed by atoms with Gasteiger partial charge in [-0.25, -0.2) is 0 Å². The van der Waals surface area contributed by atoms with Gasteiger partial charge in [-0.05, 0) is 13.3 Å². The highest BCUT2D eigenvalue weighted by Gasteiger charge is 1.89. The second-order valence-electron chi connectivity index (χ2n) is 2.38. The standard InChI is InChI=1S/C7H14O.C2H3N/c1-3-4-5-6-7(2)8;1-2-3/h3-6H2,1-2H3;1H3. The lowest BCUT2D eigenvalue weighted by Gasteiger charge is -1.90. The summed E-state index contributed by atoms with van der Waals surface area (Å²) < 4.78 is 0. The number of hydrogen-bond acceptors (Lipinski definition) is 2. The predicted molar refractivity (Wildman–Crippen MR) is 46.1 cm³/mol. The van der Waals surface area contributed by atoms with E-state index in [-0.39, 0.29) is 0 Å². The minimum Gasteiger partial charge on any atom is -0.300 e. The minimum atomic E-state index is 0.318. The van der Waals surface area contributed by atoms with E-state index in [1.54, 1.807) is 13.0 Å². The summed E-state index contributed by atoms with van der Waals surface area (Å²) >= 11 is 0. The lowest BCUT2D eigenvalue weighted by atomic mass is 10.2. The van der Waals surface area contributed by atoms with Gasteiger partial charge in [-0.15, -0.1) is 0 Å². The van der Waals surface area contributed by atoms with E-state index in [2.05, 4.69) is 6.92 Å². The van der Waals surface area contributed by atoms with Gasteiger partial charge in [0.1, 0.15) is 5.78 Å². The Morgan fingerprint density at radius 1 is 1.45 bits per heavy atom. The lowest BCUT2D eigenvalue weighted by Crippen LogP contribution is -1.87. The SMILES string of the molecule is CC#N.CCCCCC(C)=O. The molecule has 0 heterocycles. The van der Waals surface area contributed by atoms with Crippen molar-refractivity contribution in [3.05, 3.63) is 0 Å². The Morgan fingerprint density at radius 2 is 1.91 bits per heavy atom. The molecule has 2 nitrogen and oxygen atoms in total. The number of rotatable bonds is 4. The number of carbonyl (C=O) groups is 1. The number of carbonyl (C=O) groups excluding carboxylic acids is 1. The van der Waals surface area contributed by atoms with Crippen LogP contribution in [0.4, 0.5) is 0 Å². The average molecular weight is 155 g/mol. The third kappa shape index (κ3) is 27.1. The molecule has 0 aromatic carbocycles. The molecule has 11 heavy (non-hydrogen) atoms. The van der Waals surface area contributed by atoms with E-state index in [9.17, 15) is 4.79 Å². The fourth-order valence-electron chi connectivity index (χ4n) is 0.624. The molecule has 0 spiro atoms. The Labute approximate surface area is 69.2 Å². The molecule has 2 heteroatoms. The zero-order valence-corrected chi connectivity index (χ0v) is 7.68. The van der Waals surface area contributed by atoms with Gasteiger partial charge in [-0.2, -0.15) is 5.26 Å². The van der Waals surface area contributed by atoms with Crippen LogP contribution in [0.25, 0.3) is 0 Å². The van der Waals surface area contributed by atoms with Crippen LogP contribution < -0.4 is 0 Å². The predicted octanol–water partition coefficient (Wildman–Crippen LogP) is 2.69.